The van der Waals surface area contributed by atoms with Gasteiger partial charge in [0.1, 0.15) is 35.9 Å². The van der Waals surface area contributed by atoms with Crippen molar-refractivity contribution < 1.29 is 65.0 Å². The number of aliphatic hydroxyl groups is 2. The Balaban J connectivity index is 0.000000187. The van der Waals surface area contributed by atoms with Gasteiger partial charge in [0.2, 0.25) is 22.7 Å². The van der Waals surface area contributed by atoms with Gasteiger partial charge in [0.05, 0.1) is 108 Å². The minimum atomic E-state index is -4.52. The smallest absolute Gasteiger partial charge is 0.416 e. The molecule has 0 bridgehead atoms. The van der Waals surface area contributed by atoms with Gasteiger partial charge in [0, 0.05) is 47.6 Å². The first-order chi connectivity index (χ1) is 37.9. The standard InChI is InChI=1S/C26H27F3N6O4.C21H17ClF3N5O3.C5H11NO/c1-37-20-10-17(11-21(38-2)23(20)39-3)34-12-22(30-14-34)32-24-18-7-6-15(26(27,28)29)9-19(18)31-25(33-24)35-8-4-5-16(35)13-36;1-31-15-7-12(8-16(32-2)18(15)33-3)30-9-17(26-10-30)28-19-13-5-4-11(21(23,24)25)6-14(13)27-20(22)29-19;7-4-5-2-1-3-6-5/h6-7,9-12,14,16,36H,4-5,8,13H2,1-3H3,(H,31,32,33);4-10H,1-3H3,(H,27,28,29);5-7H,1-4H2/t16-;;5-/m1.1/s1. The van der Waals surface area contributed by atoms with E-state index in [4.69, 9.17) is 45.1 Å². The normalized spacial score (nSPS) is 15.3. The molecule has 0 aliphatic carbocycles. The molecule has 5 N–H and O–H groups in total. The maximum atomic E-state index is 13.5. The molecule has 2 aliphatic heterocycles. The summed E-state index contributed by atoms with van der Waals surface area (Å²) in [4.78, 5) is 27.6. The van der Waals surface area contributed by atoms with Crippen LogP contribution >= 0.6 is 11.6 Å². The molecule has 4 aromatic heterocycles. The zero-order valence-corrected chi connectivity index (χ0v) is 44.2. The van der Waals surface area contributed by atoms with E-state index in [1.807, 2.05) is 4.90 Å². The van der Waals surface area contributed by atoms with E-state index in [1.54, 1.807) is 52.1 Å². The molecule has 2 aliphatic rings. The molecule has 6 heterocycles. The molecular formula is C52H55ClF6N12O8. The number of benzene rings is 4. The van der Waals surface area contributed by atoms with Crippen molar-refractivity contribution in [2.45, 2.75) is 50.1 Å². The van der Waals surface area contributed by atoms with E-state index in [1.165, 1.54) is 67.5 Å². The number of fused-ring (bicyclic) bond motifs is 2. The van der Waals surface area contributed by atoms with Gasteiger partial charge < -0.3 is 68.6 Å². The number of aliphatic hydroxyl groups excluding tert-OH is 2. The molecule has 0 spiro atoms. The van der Waals surface area contributed by atoms with E-state index in [9.17, 15) is 31.4 Å². The lowest BCUT2D eigenvalue weighted by atomic mass is 10.1. The van der Waals surface area contributed by atoms with Crippen molar-refractivity contribution in [2.24, 2.45) is 0 Å². The maximum absolute atomic E-state index is 13.5. The number of alkyl halides is 6. The molecular weight excluding hydrogens is 1070 g/mol. The predicted octanol–water partition coefficient (Wildman–Crippen LogP) is 9.55. The monoisotopic (exact) mass is 1120 g/mol. The largest absolute Gasteiger partial charge is 0.493 e. The molecule has 0 saturated carbocycles. The second-order valence-corrected chi connectivity index (χ2v) is 18.0. The summed E-state index contributed by atoms with van der Waals surface area (Å²) >= 11 is 5.94. The molecule has 0 amide bonds. The summed E-state index contributed by atoms with van der Waals surface area (Å²) in [5.41, 5.74) is -0.109. The van der Waals surface area contributed by atoms with E-state index in [-0.39, 0.29) is 40.7 Å². The van der Waals surface area contributed by atoms with Crippen LogP contribution in [-0.4, -0.2) is 130 Å². The van der Waals surface area contributed by atoms with Crippen molar-refractivity contribution in [3.63, 3.8) is 0 Å². The van der Waals surface area contributed by atoms with E-state index in [0.29, 0.717) is 93.3 Å². The van der Waals surface area contributed by atoms with Crippen molar-refractivity contribution in [1.29, 1.82) is 0 Å². The first-order valence-electron chi connectivity index (χ1n) is 24.3. The minimum Gasteiger partial charge on any atom is -0.493 e. The molecule has 2 atom stereocenters. The summed E-state index contributed by atoms with van der Waals surface area (Å²) in [6, 6.07) is 13.7. The molecule has 10 rings (SSSR count). The highest BCUT2D eigenvalue weighted by Gasteiger charge is 2.33. The molecule has 27 heteroatoms. The van der Waals surface area contributed by atoms with E-state index in [2.05, 4.69) is 45.9 Å². The number of hydrogen-bond donors (Lipinski definition) is 5. The fourth-order valence-electron chi connectivity index (χ4n) is 8.82. The minimum absolute atomic E-state index is 0.0522. The SMILES string of the molecule is COc1cc(-n2cnc(Nc3nc(Cl)nc4cc(C(F)(F)F)ccc34)c2)cc(OC)c1OC.COc1cc(-n2cnc(Nc3nc(N4CCC[C@@H]4CO)nc4cc(C(F)(F)F)ccc34)c2)cc(OC)c1OC.OC[C@H]1CCCN1. The number of halogens is 7. The molecule has 4 aromatic carbocycles. The molecule has 79 heavy (non-hydrogen) atoms. The Kier molecular flexibility index (Phi) is 17.9. The van der Waals surface area contributed by atoms with E-state index in [0.717, 1.165) is 50.1 Å². The summed E-state index contributed by atoms with van der Waals surface area (Å²) < 4.78 is 115. The number of hydrogen-bond acceptors (Lipinski definition) is 18. The summed E-state index contributed by atoms with van der Waals surface area (Å²) in [7, 11) is 9.08. The second kappa shape index (κ2) is 24.7. The first kappa shape index (κ1) is 57.1. The molecule has 2 fully saturated rings. The molecule has 2 saturated heterocycles. The number of anilines is 5. The van der Waals surface area contributed by atoms with Crippen LogP contribution in [0.5, 0.6) is 34.5 Å². The van der Waals surface area contributed by atoms with Gasteiger partial charge in [-0.15, -0.1) is 0 Å². The van der Waals surface area contributed by atoms with Crippen molar-refractivity contribution in [3.8, 4) is 45.9 Å². The fraction of sp³-hybridized carbons (Fsp3) is 0.346. The summed E-state index contributed by atoms with van der Waals surface area (Å²) in [6.45, 7) is 1.88. The molecule has 0 unspecified atom stereocenters. The highest BCUT2D eigenvalue weighted by molar-refractivity contribution is 6.28. The van der Waals surface area contributed by atoms with Gasteiger partial charge >= 0.3 is 12.4 Å². The Hall–Kier alpha value is -8.07. The number of aromatic nitrogens is 8. The Bertz CT molecular complexity index is 3350. The number of methoxy groups -OCH3 is 6. The van der Waals surface area contributed by atoms with Crippen molar-refractivity contribution in [2.75, 3.05) is 84.5 Å². The van der Waals surface area contributed by atoms with Crippen LogP contribution < -0.4 is 49.3 Å². The van der Waals surface area contributed by atoms with Crippen LogP contribution in [0.25, 0.3) is 33.2 Å². The lowest BCUT2D eigenvalue weighted by Crippen LogP contribution is -2.33. The Labute approximate surface area is 453 Å². The first-order valence-corrected chi connectivity index (χ1v) is 24.7. The zero-order chi connectivity index (χ0) is 56.6. The van der Waals surface area contributed by atoms with Gasteiger partial charge in [-0.2, -0.15) is 36.3 Å². The van der Waals surface area contributed by atoms with Gasteiger partial charge in [0.15, 0.2) is 23.0 Å². The molecule has 0 radical (unpaired) electrons. The van der Waals surface area contributed by atoms with Crippen LogP contribution in [0.2, 0.25) is 5.28 Å². The molecule has 20 nitrogen and oxygen atoms in total. The third kappa shape index (κ3) is 13.1. The third-order valence-electron chi connectivity index (χ3n) is 12.8. The molecule has 8 aromatic rings. The highest BCUT2D eigenvalue weighted by atomic mass is 35.5. The zero-order valence-electron chi connectivity index (χ0n) is 43.4. The van der Waals surface area contributed by atoms with E-state index >= 15 is 0 Å². The average molecular weight is 1130 g/mol. The second-order valence-electron chi connectivity index (χ2n) is 17.7. The van der Waals surface area contributed by atoms with Gasteiger partial charge in [0.25, 0.3) is 0 Å². The van der Waals surface area contributed by atoms with Crippen LogP contribution in [0, 0.1) is 0 Å². The lowest BCUT2D eigenvalue weighted by Gasteiger charge is -2.24. The Morgan fingerprint density at radius 2 is 1.09 bits per heavy atom. The topological polar surface area (TPSA) is 222 Å². The maximum Gasteiger partial charge on any atom is 0.416 e. The number of nitrogens with one attached hydrogen (secondary N) is 3. The predicted molar refractivity (Wildman–Crippen MR) is 283 cm³/mol. The number of nitrogens with zero attached hydrogens (tertiary/aromatic N) is 9. The van der Waals surface area contributed by atoms with Crippen molar-refractivity contribution in [1.82, 2.24) is 44.4 Å². The fourth-order valence-corrected chi connectivity index (χ4v) is 9.00. The summed E-state index contributed by atoms with van der Waals surface area (Å²) in [5, 5.41) is 28.1. The summed E-state index contributed by atoms with van der Waals surface area (Å²) in [5.74, 6) is 4.27. The van der Waals surface area contributed by atoms with Gasteiger partial charge in [-0.3, -0.25) is 0 Å². The van der Waals surface area contributed by atoms with Gasteiger partial charge in [-0.1, -0.05) is 0 Å². The summed E-state index contributed by atoms with van der Waals surface area (Å²) in [6.07, 6.45) is 1.37. The lowest BCUT2D eigenvalue weighted by molar-refractivity contribution is -0.138. The van der Waals surface area contributed by atoms with E-state index < -0.39 is 23.5 Å². The molecule has 420 valence electrons. The Morgan fingerprint density at radius 1 is 0.608 bits per heavy atom. The van der Waals surface area contributed by atoms with Crippen LogP contribution in [-0.2, 0) is 12.4 Å². The van der Waals surface area contributed by atoms with Gasteiger partial charge in [-0.05, 0) is 80.2 Å². The number of rotatable bonds is 15. The average Bonchev–Trinajstić information content (AvgIpc) is 4.39. The highest BCUT2D eigenvalue weighted by Crippen LogP contribution is 2.42. The van der Waals surface area contributed by atoms with Crippen LogP contribution in [0.4, 0.5) is 55.6 Å². The quantitative estimate of drug-likeness (QED) is 0.0476. The van der Waals surface area contributed by atoms with Crippen molar-refractivity contribution in [3.05, 3.63) is 102 Å². The third-order valence-corrected chi connectivity index (χ3v) is 13.0. The number of ether oxygens (including phenoxy) is 6. The van der Waals surface area contributed by atoms with Crippen LogP contribution in [0.1, 0.15) is 36.8 Å². The van der Waals surface area contributed by atoms with Crippen molar-refractivity contribution >= 4 is 62.6 Å². The van der Waals surface area contributed by atoms with Gasteiger partial charge in [-0.25, -0.2) is 19.9 Å². The number of imidazole rings is 2. The van der Waals surface area contributed by atoms with Crippen LogP contribution in [0.15, 0.2) is 85.7 Å². The Morgan fingerprint density at radius 3 is 1.49 bits per heavy atom. The van der Waals surface area contributed by atoms with Crippen LogP contribution in [0.3, 0.4) is 0 Å².